The lowest BCUT2D eigenvalue weighted by atomic mass is 9.69. The van der Waals surface area contributed by atoms with Crippen molar-refractivity contribution in [3.8, 4) is 0 Å². The first-order valence-corrected chi connectivity index (χ1v) is 13.5. The summed E-state index contributed by atoms with van der Waals surface area (Å²) in [5.41, 5.74) is 1.81. The third kappa shape index (κ3) is 12.4. The zero-order chi connectivity index (χ0) is 23.3. The molecule has 8 nitrogen and oxygen atoms in total. The monoisotopic (exact) mass is 552 g/mol. The number of likely N-dealkylation sites (tertiary alicyclic amines) is 2. The fourth-order valence-electron chi connectivity index (χ4n) is 5.75. The molecule has 2 aliphatic heterocycles. The van der Waals surface area contributed by atoms with Crippen LogP contribution in [0.15, 0.2) is 23.8 Å². The largest absolute Gasteiger partial charge is 0.412 e. The predicted octanol–water partition coefficient (Wildman–Crippen LogP) is 2.06. The van der Waals surface area contributed by atoms with Crippen molar-refractivity contribution in [1.82, 2.24) is 20.4 Å². The van der Waals surface area contributed by atoms with Gasteiger partial charge in [-0.1, -0.05) is 53.3 Å². The maximum atomic E-state index is 6.26. The van der Waals surface area contributed by atoms with Crippen molar-refractivity contribution in [2.75, 3.05) is 45.9 Å². The first-order chi connectivity index (χ1) is 15.1. The van der Waals surface area contributed by atoms with Gasteiger partial charge in [0.25, 0.3) is 0 Å². The summed E-state index contributed by atoms with van der Waals surface area (Å²) in [6.45, 7) is 22.3. The first-order valence-electron chi connectivity index (χ1n) is 13.1. The Morgan fingerprint density at radius 2 is 1.65 bits per heavy atom. The number of hydrogen-bond donors (Lipinski definition) is 2. The van der Waals surface area contributed by atoms with Gasteiger partial charge in [0.05, 0.1) is 5.38 Å². The standard InChI is InChI=1S/C27H49ClN4.CH4.4H2O/c1-20(2)26(29-15-22-11-13-32(16-22)19-30-21(3)4)17-31-14-12-25(27(5,6)18-31)23-7-9-24(28)10-8-23;;;;;/h7-9,20-22,24-26,29-30H,10-19H2,1-6H3;1H4;4*1H2/t22-,24?,25+,26-;;;;;/m0...../s1. The molecule has 0 aromatic carbocycles. The molecule has 37 heavy (non-hydrogen) atoms. The van der Waals surface area contributed by atoms with Crippen LogP contribution in [0.3, 0.4) is 0 Å². The smallest absolute Gasteiger partial charge is 0.0553 e. The summed E-state index contributed by atoms with van der Waals surface area (Å²) in [5.74, 6) is 2.08. The summed E-state index contributed by atoms with van der Waals surface area (Å²) in [6.07, 6.45) is 10.4. The van der Waals surface area contributed by atoms with Gasteiger partial charge in [0.2, 0.25) is 0 Å². The molecule has 4 atom stereocenters. The van der Waals surface area contributed by atoms with E-state index in [4.69, 9.17) is 11.6 Å². The van der Waals surface area contributed by atoms with E-state index in [-0.39, 0.29) is 34.7 Å². The van der Waals surface area contributed by atoms with Gasteiger partial charge in [-0.2, -0.15) is 0 Å². The fourth-order valence-corrected chi connectivity index (χ4v) is 5.91. The van der Waals surface area contributed by atoms with Crippen molar-refractivity contribution in [2.24, 2.45) is 23.2 Å². The minimum atomic E-state index is 0. The van der Waals surface area contributed by atoms with Gasteiger partial charge in [0.1, 0.15) is 0 Å². The van der Waals surface area contributed by atoms with Gasteiger partial charge in [-0.25, -0.2) is 0 Å². The summed E-state index contributed by atoms with van der Waals surface area (Å²) in [7, 11) is 0. The summed E-state index contributed by atoms with van der Waals surface area (Å²) in [6, 6.07) is 1.13. The SMILES string of the molecule is C.CC(C)NCN1CC[C@@H](CN[C@@H](CN2CC[C@H](C3=CCC(Cl)C=C3)C(C)(C)C2)C(C)C)C1.O.O.O.O. The van der Waals surface area contributed by atoms with E-state index < -0.39 is 0 Å². The highest BCUT2D eigenvalue weighted by Gasteiger charge is 2.38. The van der Waals surface area contributed by atoms with Crippen molar-refractivity contribution >= 4 is 11.6 Å². The maximum absolute atomic E-state index is 6.26. The van der Waals surface area contributed by atoms with E-state index in [2.05, 4.69) is 80.2 Å². The third-order valence-corrected chi connectivity index (χ3v) is 8.13. The van der Waals surface area contributed by atoms with Crippen LogP contribution in [0.4, 0.5) is 0 Å². The zero-order valence-electron chi connectivity index (χ0n) is 23.5. The average molecular weight is 553 g/mol. The Morgan fingerprint density at radius 1 is 1.00 bits per heavy atom. The average Bonchev–Trinajstić information content (AvgIpc) is 3.17. The zero-order valence-corrected chi connectivity index (χ0v) is 24.3. The number of nitrogens with one attached hydrogen (secondary N) is 2. The highest BCUT2D eigenvalue weighted by Crippen LogP contribution is 2.41. The molecule has 10 N–H and O–H groups in total. The van der Waals surface area contributed by atoms with Crippen molar-refractivity contribution in [1.29, 1.82) is 0 Å². The molecule has 9 heteroatoms. The minimum absolute atomic E-state index is 0. The van der Waals surface area contributed by atoms with Crippen molar-refractivity contribution in [2.45, 2.75) is 85.7 Å². The maximum Gasteiger partial charge on any atom is 0.0553 e. The number of allylic oxidation sites excluding steroid dienone is 4. The highest BCUT2D eigenvalue weighted by molar-refractivity contribution is 6.22. The van der Waals surface area contributed by atoms with Crippen LogP contribution in [0, 0.1) is 23.2 Å². The lowest BCUT2D eigenvalue weighted by Gasteiger charge is -2.46. The van der Waals surface area contributed by atoms with Crippen LogP contribution in [0.25, 0.3) is 0 Å². The summed E-state index contributed by atoms with van der Waals surface area (Å²) in [5, 5.41) is 7.72. The van der Waals surface area contributed by atoms with Gasteiger partial charge in [-0.05, 0) is 81.5 Å². The molecule has 2 fully saturated rings. The number of nitrogens with zero attached hydrogens (tertiary/aromatic N) is 2. The van der Waals surface area contributed by atoms with E-state index in [1.54, 1.807) is 0 Å². The minimum Gasteiger partial charge on any atom is -0.412 e. The Morgan fingerprint density at radius 3 is 2.19 bits per heavy atom. The Bertz CT molecular complexity index is 660. The second kappa shape index (κ2) is 18.7. The van der Waals surface area contributed by atoms with E-state index in [1.165, 1.54) is 44.6 Å². The molecule has 0 aromatic rings. The Hall–Kier alpha value is -0.550. The quantitative estimate of drug-likeness (QED) is 0.397. The molecule has 0 saturated carbocycles. The molecule has 3 aliphatic rings. The number of halogens is 1. The van der Waals surface area contributed by atoms with Crippen LogP contribution in [-0.4, -0.2) is 95.1 Å². The summed E-state index contributed by atoms with van der Waals surface area (Å²) < 4.78 is 0. The molecular weight excluding hydrogens is 492 g/mol. The molecule has 3 rings (SSSR count). The third-order valence-electron chi connectivity index (χ3n) is 7.81. The van der Waals surface area contributed by atoms with E-state index in [0.717, 1.165) is 32.1 Å². The van der Waals surface area contributed by atoms with Crippen LogP contribution in [0.1, 0.15) is 68.2 Å². The molecule has 0 amide bonds. The topological polar surface area (TPSA) is 157 Å². The van der Waals surface area contributed by atoms with Crippen molar-refractivity contribution in [3.63, 3.8) is 0 Å². The van der Waals surface area contributed by atoms with Crippen molar-refractivity contribution < 1.29 is 21.9 Å². The van der Waals surface area contributed by atoms with E-state index in [0.29, 0.717) is 29.3 Å². The summed E-state index contributed by atoms with van der Waals surface area (Å²) >= 11 is 6.26. The fraction of sp³-hybridized carbons (Fsp3) is 0.857. The van der Waals surface area contributed by atoms with Crippen LogP contribution in [0.2, 0.25) is 0 Å². The van der Waals surface area contributed by atoms with Crippen LogP contribution < -0.4 is 10.6 Å². The van der Waals surface area contributed by atoms with Gasteiger partial charge in [-0.15, -0.1) is 11.6 Å². The molecule has 2 heterocycles. The molecule has 0 radical (unpaired) electrons. The molecule has 224 valence electrons. The number of alkyl halides is 1. The number of piperidine rings is 1. The van der Waals surface area contributed by atoms with Crippen LogP contribution in [-0.2, 0) is 0 Å². The molecular formula is C28H61ClN4O4. The van der Waals surface area contributed by atoms with Crippen molar-refractivity contribution in [3.05, 3.63) is 23.8 Å². The van der Waals surface area contributed by atoms with E-state index in [1.807, 2.05) is 0 Å². The van der Waals surface area contributed by atoms with Gasteiger partial charge in [-0.3, -0.25) is 4.90 Å². The molecule has 1 aliphatic carbocycles. The Balaban J connectivity index is -0.00000231. The van der Waals surface area contributed by atoms with Gasteiger partial charge in [0, 0.05) is 38.4 Å². The number of rotatable bonds is 10. The highest BCUT2D eigenvalue weighted by atomic mass is 35.5. The van der Waals surface area contributed by atoms with E-state index in [9.17, 15) is 0 Å². The van der Waals surface area contributed by atoms with E-state index >= 15 is 0 Å². The summed E-state index contributed by atoms with van der Waals surface area (Å²) in [4.78, 5) is 5.30. The molecule has 1 unspecified atom stereocenters. The lowest BCUT2D eigenvalue weighted by Crippen LogP contribution is -2.52. The Labute approximate surface area is 232 Å². The normalized spacial score (nSPS) is 26.2. The van der Waals surface area contributed by atoms with Crippen LogP contribution in [0.5, 0.6) is 0 Å². The predicted molar refractivity (Wildman–Crippen MR) is 160 cm³/mol. The second-order valence-electron chi connectivity index (χ2n) is 11.9. The van der Waals surface area contributed by atoms with Gasteiger partial charge >= 0.3 is 0 Å². The molecule has 2 saturated heterocycles. The van der Waals surface area contributed by atoms with Gasteiger partial charge in [0.15, 0.2) is 0 Å². The lowest BCUT2D eigenvalue weighted by molar-refractivity contribution is 0.0627. The van der Waals surface area contributed by atoms with Gasteiger partial charge < -0.3 is 37.4 Å². The molecule has 0 spiro atoms. The molecule has 0 bridgehead atoms. The molecule has 0 aromatic heterocycles. The number of hydrogen-bond acceptors (Lipinski definition) is 4. The second-order valence-corrected chi connectivity index (χ2v) is 12.4. The van der Waals surface area contributed by atoms with Crippen LogP contribution >= 0.6 is 11.6 Å². The Kier molecular flexibility index (Phi) is 20.7. The first kappa shape index (κ1) is 40.9.